The average molecular weight is 671 g/mol. The second-order valence-corrected chi connectivity index (χ2v) is 13.9. The number of hydrogen-bond acceptors (Lipinski definition) is 5. The van der Waals surface area contributed by atoms with Crippen LogP contribution in [0.3, 0.4) is 0 Å². The summed E-state index contributed by atoms with van der Waals surface area (Å²) in [6, 6.07) is 54.9. The van der Waals surface area contributed by atoms with E-state index in [4.69, 9.17) is 19.4 Å². The molecule has 0 spiro atoms. The number of thiophene rings is 1. The molecule has 0 saturated carbocycles. The third-order valence-corrected chi connectivity index (χ3v) is 11.0. The summed E-state index contributed by atoms with van der Waals surface area (Å²) in [7, 11) is 0. The number of nitrogens with zero attached hydrogens (tertiary/aromatic N) is 4. The normalized spacial score (nSPS) is 11.9. The number of para-hydroxylation sites is 1. The summed E-state index contributed by atoms with van der Waals surface area (Å²) in [6.45, 7) is 0. The van der Waals surface area contributed by atoms with Crippen molar-refractivity contribution in [2.45, 2.75) is 0 Å². The SMILES string of the molecule is c1ccc(-c2nc(-c3ccccc3)nc(-c3ccc4c(c3)oc3ccc(-n5c6ccccc6c6c7c(ccc65)sc5ccccc57)cc34)n2)cc1. The monoisotopic (exact) mass is 670 g/mol. The lowest BCUT2D eigenvalue weighted by atomic mass is 10.1. The van der Waals surface area contributed by atoms with E-state index in [2.05, 4.69) is 95.6 Å². The number of rotatable bonds is 4. The highest BCUT2D eigenvalue weighted by Crippen LogP contribution is 2.44. The first kappa shape index (κ1) is 28.2. The summed E-state index contributed by atoms with van der Waals surface area (Å²) in [5, 5.41) is 7.29. The van der Waals surface area contributed by atoms with E-state index >= 15 is 0 Å². The van der Waals surface area contributed by atoms with Crippen molar-refractivity contribution in [2.24, 2.45) is 0 Å². The largest absolute Gasteiger partial charge is 0.456 e. The fraction of sp³-hybridized carbons (Fsp3) is 0. The van der Waals surface area contributed by atoms with Crippen LogP contribution in [0.5, 0.6) is 0 Å². The molecule has 11 aromatic rings. The summed E-state index contributed by atoms with van der Waals surface area (Å²) in [4.78, 5) is 14.7. The molecule has 11 rings (SSSR count). The lowest BCUT2D eigenvalue weighted by molar-refractivity contribution is 0.669. The van der Waals surface area contributed by atoms with Crippen LogP contribution in [0, 0.1) is 0 Å². The molecule has 0 fully saturated rings. The van der Waals surface area contributed by atoms with E-state index in [1.165, 1.54) is 42.0 Å². The molecule has 0 atom stereocenters. The molecule has 0 N–H and O–H groups in total. The molecular weight excluding hydrogens is 645 g/mol. The van der Waals surface area contributed by atoms with Crippen molar-refractivity contribution in [2.75, 3.05) is 0 Å². The van der Waals surface area contributed by atoms with Gasteiger partial charge >= 0.3 is 0 Å². The van der Waals surface area contributed by atoms with Crippen LogP contribution < -0.4 is 0 Å². The van der Waals surface area contributed by atoms with Crippen molar-refractivity contribution < 1.29 is 4.42 Å². The summed E-state index contributed by atoms with van der Waals surface area (Å²) < 4.78 is 11.5. The van der Waals surface area contributed by atoms with Gasteiger partial charge in [0.15, 0.2) is 17.5 Å². The van der Waals surface area contributed by atoms with Gasteiger partial charge in [-0.05, 0) is 54.6 Å². The summed E-state index contributed by atoms with van der Waals surface area (Å²) in [6.07, 6.45) is 0. The van der Waals surface area contributed by atoms with Crippen LogP contribution in [0.1, 0.15) is 0 Å². The molecule has 0 unspecified atom stereocenters. The number of benzene rings is 7. The van der Waals surface area contributed by atoms with Gasteiger partial charge in [-0.3, -0.25) is 0 Å². The molecule has 6 heteroatoms. The lowest BCUT2D eigenvalue weighted by Crippen LogP contribution is -2.00. The molecule has 0 saturated heterocycles. The fourth-order valence-corrected chi connectivity index (χ4v) is 8.65. The standard InChI is InChI=1S/C45H26N4OS/c1-3-11-27(12-4-1)43-46-44(28-13-5-2-6-14-28)48-45(47-43)29-19-21-31-34-26-30(20-23-37(34)50-38(31)25-29)49-35-17-9-7-15-32(35)41-36(49)22-24-40-42(41)33-16-8-10-18-39(33)51-40/h1-26H. The minimum atomic E-state index is 0.600. The van der Waals surface area contributed by atoms with Crippen molar-refractivity contribution in [3.8, 4) is 39.9 Å². The van der Waals surface area contributed by atoms with Crippen LogP contribution >= 0.6 is 11.3 Å². The van der Waals surface area contributed by atoms with Gasteiger partial charge in [-0.1, -0.05) is 103 Å². The lowest BCUT2D eigenvalue weighted by Gasteiger charge is -2.08. The van der Waals surface area contributed by atoms with E-state index in [1.807, 2.05) is 78.1 Å². The summed E-state index contributed by atoms with van der Waals surface area (Å²) >= 11 is 1.86. The summed E-state index contributed by atoms with van der Waals surface area (Å²) in [5.74, 6) is 1.86. The van der Waals surface area contributed by atoms with Gasteiger partial charge in [0.05, 0.1) is 11.0 Å². The van der Waals surface area contributed by atoms with Crippen LogP contribution in [-0.2, 0) is 0 Å². The Morgan fingerprint density at radius 2 is 1.08 bits per heavy atom. The Bertz CT molecular complexity index is 3080. The maximum absolute atomic E-state index is 6.51. The number of furan rings is 1. The molecule has 5 nitrogen and oxygen atoms in total. The van der Waals surface area contributed by atoms with Crippen LogP contribution in [0.25, 0.3) is 104 Å². The van der Waals surface area contributed by atoms with E-state index in [1.54, 1.807) is 0 Å². The highest BCUT2D eigenvalue weighted by atomic mass is 32.1. The molecule has 0 amide bonds. The smallest absolute Gasteiger partial charge is 0.164 e. The maximum atomic E-state index is 6.51. The third-order valence-electron chi connectivity index (χ3n) is 9.85. The number of fused-ring (bicyclic) bond motifs is 10. The second-order valence-electron chi connectivity index (χ2n) is 12.8. The van der Waals surface area contributed by atoms with Gasteiger partial charge in [0, 0.05) is 64.1 Å². The minimum Gasteiger partial charge on any atom is -0.456 e. The van der Waals surface area contributed by atoms with Gasteiger partial charge in [0.2, 0.25) is 0 Å². The van der Waals surface area contributed by atoms with Gasteiger partial charge < -0.3 is 8.98 Å². The molecular formula is C45H26N4OS. The quantitative estimate of drug-likeness (QED) is 0.187. The van der Waals surface area contributed by atoms with Crippen molar-refractivity contribution in [1.82, 2.24) is 19.5 Å². The Balaban J connectivity index is 1.08. The zero-order valence-electron chi connectivity index (χ0n) is 27.1. The molecule has 4 heterocycles. The average Bonchev–Trinajstić information content (AvgIpc) is 3.87. The first-order valence-electron chi connectivity index (χ1n) is 16.9. The van der Waals surface area contributed by atoms with Crippen LogP contribution in [0.15, 0.2) is 162 Å². The van der Waals surface area contributed by atoms with Crippen LogP contribution in [0.4, 0.5) is 0 Å². The Kier molecular flexibility index (Phi) is 6.05. The second kappa shape index (κ2) is 10.9. The van der Waals surface area contributed by atoms with Gasteiger partial charge in [-0.2, -0.15) is 0 Å². The van der Waals surface area contributed by atoms with E-state index < -0.39 is 0 Å². The molecule has 0 aliphatic rings. The topological polar surface area (TPSA) is 56.7 Å². The van der Waals surface area contributed by atoms with Gasteiger partial charge in [-0.25, -0.2) is 15.0 Å². The molecule has 0 bridgehead atoms. The number of aromatic nitrogens is 4. The van der Waals surface area contributed by atoms with Gasteiger partial charge in [0.1, 0.15) is 11.2 Å². The first-order chi connectivity index (χ1) is 25.3. The third kappa shape index (κ3) is 4.37. The van der Waals surface area contributed by atoms with E-state index in [-0.39, 0.29) is 0 Å². The minimum absolute atomic E-state index is 0.600. The van der Waals surface area contributed by atoms with E-state index in [0.717, 1.165) is 44.3 Å². The molecule has 51 heavy (non-hydrogen) atoms. The Labute approximate surface area is 295 Å². The predicted molar refractivity (Wildman–Crippen MR) is 211 cm³/mol. The first-order valence-corrected chi connectivity index (χ1v) is 17.8. The molecule has 238 valence electrons. The number of hydrogen-bond donors (Lipinski definition) is 0. The van der Waals surface area contributed by atoms with Crippen molar-refractivity contribution in [1.29, 1.82) is 0 Å². The summed E-state index contributed by atoms with van der Waals surface area (Å²) in [5.41, 5.74) is 7.84. The Morgan fingerprint density at radius 1 is 0.412 bits per heavy atom. The van der Waals surface area contributed by atoms with Gasteiger partial charge in [0.25, 0.3) is 0 Å². The zero-order valence-corrected chi connectivity index (χ0v) is 27.9. The van der Waals surface area contributed by atoms with Crippen LogP contribution in [-0.4, -0.2) is 19.5 Å². The highest BCUT2D eigenvalue weighted by molar-refractivity contribution is 7.26. The van der Waals surface area contributed by atoms with Crippen molar-refractivity contribution in [3.63, 3.8) is 0 Å². The zero-order chi connectivity index (χ0) is 33.5. The van der Waals surface area contributed by atoms with E-state index in [0.29, 0.717) is 17.5 Å². The van der Waals surface area contributed by atoms with Crippen LogP contribution in [0.2, 0.25) is 0 Å². The Morgan fingerprint density at radius 3 is 1.84 bits per heavy atom. The highest BCUT2D eigenvalue weighted by Gasteiger charge is 2.19. The van der Waals surface area contributed by atoms with Crippen molar-refractivity contribution in [3.05, 3.63) is 158 Å². The molecule has 0 radical (unpaired) electrons. The predicted octanol–water partition coefficient (Wildman–Crippen LogP) is 12.2. The van der Waals surface area contributed by atoms with Gasteiger partial charge in [-0.15, -0.1) is 11.3 Å². The Hall–Kier alpha value is -6.63. The molecule has 4 aromatic heterocycles. The molecule has 7 aromatic carbocycles. The fourth-order valence-electron chi connectivity index (χ4n) is 7.53. The maximum Gasteiger partial charge on any atom is 0.164 e. The molecule has 0 aliphatic carbocycles. The van der Waals surface area contributed by atoms with Crippen molar-refractivity contribution >= 4 is 75.3 Å². The molecule has 0 aliphatic heterocycles. The van der Waals surface area contributed by atoms with E-state index in [9.17, 15) is 0 Å².